The van der Waals surface area contributed by atoms with Crippen molar-refractivity contribution in [1.82, 2.24) is 0 Å². The highest BCUT2D eigenvalue weighted by Crippen LogP contribution is 2.47. The Labute approximate surface area is 367 Å². The number of phosphoric ester groups is 1. The quantitative estimate of drug-likeness (QED) is 0.0148. The molecule has 0 aromatic carbocycles. The Kier molecular flexibility index (Phi) is 34.7. The van der Waals surface area contributed by atoms with Gasteiger partial charge in [0.25, 0.3) is 0 Å². The number of aliphatic hydroxyl groups is 5. The Morgan fingerprint density at radius 3 is 1.43 bits per heavy atom. The van der Waals surface area contributed by atoms with Crippen LogP contribution in [-0.2, 0) is 32.7 Å². The second kappa shape index (κ2) is 37.2. The number of hydrogen-bond acceptors (Lipinski definition) is 12. The zero-order valence-corrected chi connectivity index (χ0v) is 38.3. The van der Waals surface area contributed by atoms with Crippen molar-refractivity contribution >= 4 is 19.8 Å². The van der Waals surface area contributed by atoms with Gasteiger partial charge in [-0.05, 0) is 51.4 Å². The van der Waals surface area contributed by atoms with Crippen LogP contribution in [0.5, 0.6) is 0 Å². The first-order valence-corrected chi connectivity index (χ1v) is 24.9. The number of carbonyl (C=O) groups excluding carboxylic acids is 2. The number of aliphatic hydroxyl groups excluding tert-OH is 5. The summed E-state index contributed by atoms with van der Waals surface area (Å²) in [6.45, 7) is 3.16. The molecule has 1 fully saturated rings. The lowest BCUT2D eigenvalue weighted by Crippen LogP contribution is -2.64. The zero-order chi connectivity index (χ0) is 45.0. The lowest BCUT2D eigenvalue weighted by atomic mass is 9.85. The van der Waals surface area contributed by atoms with E-state index >= 15 is 0 Å². The van der Waals surface area contributed by atoms with E-state index in [1.165, 1.54) is 77.0 Å². The molecule has 13 nitrogen and oxygen atoms in total. The third-order valence-corrected chi connectivity index (χ3v) is 11.7. The molecule has 0 aromatic rings. The Morgan fingerprint density at radius 1 is 0.525 bits per heavy atom. The van der Waals surface area contributed by atoms with E-state index < -0.39 is 75.7 Å². The first kappa shape index (κ1) is 56.8. The van der Waals surface area contributed by atoms with Crippen LogP contribution in [0.25, 0.3) is 0 Å². The summed E-state index contributed by atoms with van der Waals surface area (Å²) in [6, 6.07) is 0. The average molecular weight is 887 g/mol. The summed E-state index contributed by atoms with van der Waals surface area (Å²) < 4.78 is 33.5. The van der Waals surface area contributed by atoms with E-state index in [0.29, 0.717) is 12.8 Å². The largest absolute Gasteiger partial charge is 0.472 e. The number of carbonyl (C=O) groups is 2. The van der Waals surface area contributed by atoms with Gasteiger partial charge in [0.2, 0.25) is 0 Å². The first-order chi connectivity index (χ1) is 29.4. The Hall–Kier alpha value is -2.19. The maximum atomic E-state index is 12.8. The minimum absolute atomic E-state index is 0.0895. The lowest BCUT2D eigenvalue weighted by molar-refractivity contribution is -0.220. The maximum absolute atomic E-state index is 12.8. The molecule has 0 saturated heterocycles. The van der Waals surface area contributed by atoms with Gasteiger partial charge in [0, 0.05) is 12.8 Å². The minimum atomic E-state index is -5.13. The van der Waals surface area contributed by atoms with Gasteiger partial charge < -0.3 is 39.9 Å². The topological polar surface area (TPSA) is 210 Å². The fraction of sp³-hybridized carbons (Fsp3) is 0.787. The average Bonchev–Trinajstić information content (AvgIpc) is 3.24. The van der Waals surface area contributed by atoms with Crippen molar-refractivity contribution in [3.8, 4) is 0 Å². The molecule has 1 aliphatic rings. The highest BCUT2D eigenvalue weighted by molar-refractivity contribution is 7.47. The van der Waals surface area contributed by atoms with Crippen molar-refractivity contribution in [2.75, 3.05) is 13.2 Å². The molecule has 0 spiro atoms. The molecule has 61 heavy (non-hydrogen) atoms. The molecule has 0 aromatic heterocycles. The molecular formula is C47H83O13P. The second-order valence-corrected chi connectivity index (χ2v) is 17.6. The van der Waals surface area contributed by atoms with Crippen LogP contribution in [-0.4, -0.2) is 98.3 Å². The maximum Gasteiger partial charge on any atom is 0.472 e. The van der Waals surface area contributed by atoms with Gasteiger partial charge in [-0.3, -0.25) is 18.6 Å². The van der Waals surface area contributed by atoms with Crippen LogP contribution in [0.15, 0.2) is 48.6 Å². The third-order valence-electron chi connectivity index (χ3n) is 10.7. The Bertz CT molecular complexity index is 1250. The van der Waals surface area contributed by atoms with Gasteiger partial charge in [0.05, 0.1) is 6.61 Å². The SMILES string of the molecule is CC/C=C\C/C=C\C/C=C\C/C=C\CCCCC(=O)OC[C@H](COP(=O)(O)OC1C(O)C(O)C(O)[C@@H](O)C1O)OC(=O)CCCCCCCCCCCCCCCCCCC. The second-order valence-electron chi connectivity index (χ2n) is 16.2. The van der Waals surface area contributed by atoms with E-state index in [1.807, 2.05) is 0 Å². The molecule has 14 heteroatoms. The number of esters is 2. The molecule has 1 aliphatic carbocycles. The van der Waals surface area contributed by atoms with Crippen LogP contribution in [0.3, 0.4) is 0 Å². The van der Waals surface area contributed by atoms with Crippen LogP contribution in [0.1, 0.15) is 181 Å². The van der Waals surface area contributed by atoms with Gasteiger partial charge in [-0.2, -0.15) is 0 Å². The van der Waals surface area contributed by atoms with Gasteiger partial charge in [0.1, 0.15) is 43.2 Å². The van der Waals surface area contributed by atoms with Gasteiger partial charge in [-0.1, -0.05) is 165 Å². The van der Waals surface area contributed by atoms with E-state index in [1.54, 1.807) is 0 Å². The highest BCUT2D eigenvalue weighted by Gasteiger charge is 2.51. The Balaban J connectivity index is 2.47. The molecule has 8 atom stereocenters. The fourth-order valence-electron chi connectivity index (χ4n) is 6.93. The molecule has 0 radical (unpaired) electrons. The molecule has 1 saturated carbocycles. The smallest absolute Gasteiger partial charge is 0.462 e. The zero-order valence-electron chi connectivity index (χ0n) is 37.4. The summed E-state index contributed by atoms with van der Waals surface area (Å²) >= 11 is 0. The van der Waals surface area contributed by atoms with Gasteiger partial charge in [0.15, 0.2) is 6.10 Å². The van der Waals surface area contributed by atoms with Crippen molar-refractivity contribution in [2.45, 2.75) is 224 Å². The summed E-state index contributed by atoms with van der Waals surface area (Å²) in [5.41, 5.74) is 0. The van der Waals surface area contributed by atoms with Crippen molar-refractivity contribution in [3.05, 3.63) is 48.6 Å². The summed E-state index contributed by atoms with van der Waals surface area (Å²) in [5, 5.41) is 50.1. The number of hydrogen-bond donors (Lipinski definition) is 6. The molecule has 6 N–H and O–H groups in total. The van der Waals surface area contributed by atoms with Crippen LogP contribution in [0.2, 0.25) is 0 Å². The number of allylic oxidation sites excluding steroid dienone is 8. The number of rotatable bonds is 38. The summed E-state index contributed by atoms with van der Waals surface area (Å²) in [7, 11) is -5.13. The van der Waals surface area contributed by atoms with E-state index in [4.69, 9.17) is 18.5 Å². The standard InChI is InChI=1S/C47H83O13P/c1-3-5-7-9-11-13-15-17-19-20-22-24-26-28-30-32-34-36-41(49)59-39(38-58-61(55,56)60-47-45(53)43(51)42(50)44(52)46(47)54)37-57-40(48)35-33-31-29-27-25-23-21-18-16-14-12-10-8-6-4-2/h6,8,12,14,18,21,25,27,39,42-47,50-54H,3-5,7,9-11,13,15-17,19-20,22-24,26,28-38H2,1-2H3,(H,55,56)/b8-6-,14-12-,21-18-,27-25-/t39-,42?,43-,44?,45?,46?,47?/m1/s1. The normalized spacial score (nSPS) is 22.4. The van der Waals surface area contributed by atoms with Gasteiger partial charge in [-0.15, -0.1) is 0 Å². The fourth-order valence-corrected chi connectivity index (χ4v) is 7.90. The molecule has 0 heterocycles. The van der Waals surface area contributed by atoms with E-state index in [9.17, 15) is 44.6 Å². The summed E-state index contributed by atoms with van der Waals surface area (Å²) in [6.07, 6.45) is 30.3. The predicted octanol–water partition coefficient (Wildman–Crippen LogP) is 9.17. The van der Waals surface area contributed by atoms with Gasteiger partial charge >= 0.3 is 19.8 Å². The molecule has 6 unspecified atom stereocenters. The van der Waals surface area contributed by atoms with Crippen LogP contribution >= 0.6 is 7.82 Å². The molecular weight excluding hydrogens is 803 g/mol. The van der Waals surface area contributed by atoms with Crippen molar-refractivity contribution < 1.29 is 63.1 Å². The minimum Gasteiger partial charge on any atom is -0.462 e. The lowest BCUT2D eigenvalue weighted by Gasteiger charge is -2.41. The van der Waals surface area contributed by atoms with Crippen molar-refractivity contribution in [2.24, 2.45) is 0 Å². The molecule has 1 rings (SSSR count). The van der Waals surface area contributed by atoms with Crippen molar-refractivity contribution in [1.29, 1.82) is 0 Å². The summed E-state index contributed by atoms with van der Waals surface area (Å²) in [5.74, 6) is -1.15. The Morgan fingerprint density at radius 2 is 0.934 bits per heavy atom. The van der Waals surface area contributed by atoms with Gasteiger partial charge in [-0.25, -0.2) is 4.57 Å². The monoisotopic (exact) mass is 887 g/mol. The number of phosphoric acid groups is 1. The van der Waals surface area contributed by atoms with Crippen LogP contribution in [0, 0.1) is 0 Å². The van der Waals surface area contributed by atoms with E-state index in [0.717, 1.165) is 64.2 Å². The molecule has 354 valence electrons. The van der Waals surface area contributed by atoms with Crippen LogP contribution < -0.4 is 0 Å². The number of ether oxygens (including phenoxy) is 2. The number of unbranched alkanes of at least 4 members (excludes halogenated alkanes) is 18. The van der Waals surface area contributed by atoms with Crippen LogP contribution in [0.4, 0.5) is 0 Å². The van der Waals surface area contributed by atoms with E-state index in [-0.39, 0.29) is 12.8 Å². The van der Waals surface area contributed by atoms with Crippen molar-refractivity contribution in [3.63, 3.8) is 0 Å². The highest BCUT2D eigenvalue weighted by atomic mass is 31.2. The first-order valence-electron chi connectivity index (χ1n) is 23.4. The molecule has 0 aliphatic heterocycles. The summed E-state index contributed by atoms with van der Waals surface area (Å²) in [4.78, 5) is 35.7. The molecule has 0 bridgehead atoms. The molecule has 0 amide bonds. The third kappa shape index (κ3) is 29.7. The predicted molar refractivity (Wildman–Crippen MR) is 239 cm³/mol. The van der Waals surface area contributed by atoms with E-state index in [2.05, 4.69) is 62.5 Å².